The number of amides is 1. The zero-order valence-electron chi connectivity index (χ0n) is 17.7. The predicted molar refractivity (Wildman–Crippen MR) is 138 cm³/mol. The third kappa shape index (κ3) is 5.44. The molecule has 4 rings (SSSR count). The summed E-state index contributed by atoms with van der Waals surface area (Å²) in [5.41, 5.74) is 3.19. The summed E-state index contributed by atoms with van der Waals surface area (Å²) >= 11 is 3.70. The molecule has 0 aliphatic heterocycles. The molecule has 2 aromatic carbocycles. The molecule has 5 nitrogen and oxygen atoms in total. The summed E-state index contributed by atoms with van der Waals surface area (Å²) in [5.74, 6) is 0.0564. The van der Waals surface area contributed by atoms with E-state index in [-0.39, 0.29) is 5.57 Å². The van der Waals surface area contributed by atoms with Gasteiger partial charge in [-0.2, -0.15) is 10.5 Å². The second-order valence-corrected chi connectivity index (χ2v) is 9.95. The maximum Gasteiger partial charge on any atom is 0.266 e. The van der Waals surface area contributed by atoms with E-state index in [1.54, 1.807) is 6.07 Å². The SMILES string of the molecule is N#C/C(=C\c1ccccc1OCc1ccc(I)cc1)C(=O)Nc1sc2c(c1C#N)CCCC2. The minimum absolute atomic E-state index is 0.0458. The molecule has 1 amide bonds. The van der Waals surface area contributed by atoms with Crippen LogP contribution < -0.4 is 10.1 Å². The van der Waals surface area contributed by atoms with E-state index in [1.165, 1.54) is 17.4 Å². The summed E-state index contributed by atoms with van der Waals surface area (Å²) in [6.07, 6.45) is 5.45. The van der Waals surface area contributed by atoms with Crippen LogP contribution >= 0.6 is 33.9 Å². The van der Waals surface area contributed by atoms with Crippen molar-refractivity contribution in [3.63, 3.8) is 0 Å². The van der Waals surface area contributed by atoms with Gasteiger partial charge in [0.25, 0.3) is 5.91 Å². The van der Waals surface area contributed by atoms with Crippen LogP contribution in [0.1, 0.15) is 40.0 Å². The standard InChI is InChI=1S/C26H20IN3O2S/c27-20-11-9-17(10-12-20)16-32-23-7-3-1-5-18(23)13-19(14-28)25(31)30-26-22(15-29)21-6-2-4-8-24(21)33-26/h1,3,5,7,9-13H,2,4,6,8,16H2,(H,30,31)/b19-13+. The number of hydrogen-bond donors (Lipinski definition) is 1. The van der Waals surface area contributed by atoms with Gasteiger partial charge in [0.1, 0.15) is 35.1 Å². The van der Waals surface area contributed by atoms with Crippen molar-refractivity contribution in [1.82, 2.24) is 0 Å². The van der Waals surface area contributed by atoms with Crippen LogP contribution in [0.15, 0.2) is 54.1 Å². The largest absolute Gasteiger partial charge is 0.488 e. The first kappa shape index (κ1) is 23.0. The summed E-state index contributed by atoms with van der Waals surface area (Å²) in [4.78, 5) is 14.1. The van der Waals surface area contributed by atoms with Crippen LogP contribution in [0.25, 0.3) is 6.08 Å². The fourth-order valence-corrected chi connectivity index (χ4v) is 5.31. The van der Waals surface area contributed by atoms with Crippen molar-refractivity contribution >= 4 is 50.9 Å². The lowest BCUT2D eigenvalue weighted by molar-refractivity contribution is -0.112. The van der Waals surface area contributed by atoms with Gasteiger partial charge in [-0.05, 0) is 83.7 Å². The average molecular weight is 565 g/mol. The first-order valence-corrected chi connectivity index (χ1v) is 12.4. The molecule has 1 aromatic heterocycles. The first-order chi connectivity index (χ1) is 16.1. The van der Waals surface area contributed by atoms with Crippen molar-refractivity contribution in [1.29, 1.82) is 10.5 Å². The van der Waals surface area contributed by atoms with Crippen LogP contribution in [-0.2, 0) is 24.2 Å². The van der Waals surface area contributed by atoms with E-state index in [4.69, 9.17) is 4.74 Å². The number of hydrogen-bond acceptors (Lipinski definition) is 5. The minimum atomic E-state index is -0.528. The number of carbonyl (C=O) groups excluding carboxylic acids is 1. The second-order valence-electron chi connectivity index (χ2n) is 7.60. The Hall–Kier alpha value is -3.14. The van der Waals surface area contributed by atoms with Gasteiger partial charge in [-0.3, -0.25) is 4.79 Å². The van der Waals surface area contributed by atoms with Crippen molar-refractivity contribution in [3.05, 3.63) is 84.8 Å². The number of benzene rings is 2. The summed E-state index contributed by atoms with van der Waals surface area (Å²) in [5, 5.41) is 22.6. The van der Waals surface area contributed by atoms with E-state index in [1.807, 2.05) is 48.5 Å². The van der Waals surface area contributed by atoms with Gasteiger partial charge in [-0.15, -0.1) is 11.3 Å². The topological polar surface area (TPSA) is 85.9 Å². The van der Waals surface area contributed by atoms with E-state index in [2.05, 4.69) is 34.0 Å². The normalized spacial score (nSPS) is 12.9. The molecule has 33 heavy (non-hydrogen) atoms. The number of nitrogens with zero attached hydrogens (tertiary/aromatic N) is 2. The number of rotatable bonds is 6. The van der Waals surface area contributed by atoms with E-state index in [0.29, 0.717) is 28.5 Å². The molecule has 1 N–H and O–H groups in total. The monoisotopic (exact) mass is 565 g/mol. The Balaban J connectivity index is 1.54. The van der Waals surface area contributed by atoms with Crippen LogP contribution in [0, 0.1) is 26.2 Å². The second kappa shape index (κ2) is 10.7. The number of para-hydroxylation sites is 1. The Morgan fingerprint density at radius 1 is 1.12 bits per heavy atom. The smallest absolute Gasteiger partial charge is 0.266 e. The fourth-order valence-electron chi connectivity index (χ4n) is 3.72. The van der Waals surface area contributed by atoms with E-state index >= 15 is 0 Å². The van der Waals surface area contributed by atoms with Crippen molar-refractivity contribution in [2.24, 2.45) is 0 Å². The number of carbonyl (C=O) groups is 1. The lowest BCUT2D eigenvalue weighted by Crippen LogP contribution is -2.13. The Labute approximate surface area is 210 Å². The maximum absolute atomic E-state index is 12.9. The van der Waals surface area contributed by atoms with Gasteiger partial charge in [0, 0.05) is 14.0 Å². The summed E-state index contributed by atoms with van der Waals surface area (Å²) in [6, 6.07) is 19.6. The number of nitrogens with one attached hydrogen (secondary N) is 1. The minimum Gasteiger partial charge on any atom is -0.488 e. The van der Waals surface area contributed by atoms with Gasteiger partial charge in [-0.25, -0.2) is 0 Å². The average Bonchev–Trinajstić information content (AvgIpc) is 3.19. The van der Waals surface area contributed by atoms with Gasteiger partial charge in [0.2, 0.25) is 0 Å². The van der Waals surface area contributed by atoms with Gasteiger partial charge < -0.3 is 10.1 Å². The highest BCUT2D eigenvalue weighted by Crippen LogP contribution is 2.37. The Kier molecular flexibility index (Phi) is 7.43. The number of ether oxygens (including phenoxy) is 1. The fraction of sp³-hybridized carbons (Fsp3) is 0.192. The first-order valence-electron chi connectivity index (χ1n) is 10.5. The number of halogens is 1. The molecule has 0 bridgehead atoms. The van der Waals surface area contributed by atoms with Crippen molar-refractivity contribution in [3.8, 4) is 17.9 Å². The molecular formula is C26H20IN3O2S. The molecule has 1 aliphatic rings. The van der Waals surface area contributed by atoms with E-state index in [9.17, 15) is 15.3 Å². The third-order valence-electron chi connectivity index (χ3n) is 5.40. The van der Waals surface area contributed by atoms with Crippen LogP contribution in [0.2, 0.25) is 0 Å². The molecule has 0 unspecified atom stereocenters. The molecule has 0 saturated carbocycles. The molecule has 0 radical (unpaired) electrons. The number of nitriles is 2. The molecule has 0 fully saturated rings. The lowest BCUT2D eigenvalue weighted by atomic mass is 9.96. The van der Waals surface area contributed by atoms with Gasteiger partial charge >= 0.3 is 0 Å². The van der Waals surface area contributed by atoms with Crippen molar-refractivity contribution < 1.29 is 9.53 Å². The highest BCUT2D eigenvalue weighted by atomic mass is 127. The van der Waals surface area contributed by atoms with Crippen molar-refractivity contribution in [2.75, 3.05) is 5.32 Å². The molecule has 3 aromatic rings. The predicted octanol–water partition coefficient (Wildman–Crippen LogP) is 6.23. The molecule has 0 atom stereocenters. The maximum atomic E-state index is 12.9. The zero-order valence-corrected chi connectivity index (χ0v) is 20.7. The molecule has 7 heteroatoms. The lowest BCUT2D eigenvalue weighted by Gasteiger charge is -2.10. The third-order valence-corrected chi connectivity index (χ3v) is 7.33. The highest BCUT2D eigenvalue weighted by Gasteiger charge is 2.22. The van der Waals surface area contributed by atoms with Gasteiger partial charge in [-0.1, -0.05) is 30.3 Å². The number of thiophene rings is 1. The highest BCUT2D eigenvalue weighted by molar-refractivity contribution is 14.1. The Morgan fingerprint density at radius 2 is 1.88 bits per heavy atom. The van der Waals surface area contributed by atoms with Crippen LogP contribution in [0.4, 0.5) is 5.00 Å². The number of anilines is 1. The quantitative estimate of drug-likeness (QED) is 0.218. The van der Waals surface area contributed by atoms with Gasteiger partial charge in [0.05, 0.1) is 5.56 Å². The molecule has 0 spiro atoms. The number of aryl methyl sites for hydroxylation is 1. The van der Waals surface area contributed by atoms with Gasteiger partial charge in [0.15, 0.2) is 0 Å². The van der Waals surface area contributed by atoms with Crippen molar-refractivity contribution in [2.45, 2.75) is 32.3 Å². The Morgan fingerprint density at radius 3 is 2.64 bits per heavy atom. The Bertz CT molecular complexity index is 1300. The molecule has 1 aliphatic carbocycles. The summed E-state index contributed by atoms with van der Waals surface area (Å²) in [6.45, 7) is 0.377. The molecule has 0 saturated heterocycles. The van der Waals surface area contributed by atoms with Crippen LogP contribution in [-0.4, -0.2) is 5.91 Å². The zero-order chi connectivity index (χ0) is 23.2. The molecule has 1 heterocycles. The summed E-state index contributed by atoms with van der Waals surface area (Å²) in [7, 11) is 0. The molecular weight excluding hydrogens is 545 g/mol. The van der Waals surface area contributed by atoms with E-state index < -0.39 is 5.91 Å². The van der Waals surface area contributed by atoms with E-state index in [0.717, 1.165) is 45.3 Å². The molecule has 164 valence electrons. The number of fused-ring (bicyclic) bond motifs is 1. The summed E-state index contributed by atoms with van der Waals surface area (Å²) < 4.78 is 7.12. The van der Waals surface area contributed by atoms with Crippen LogP contribution in [0.3, 0.4) is 0 Å². The van der Waals surface area contributed by atoms with Crippen LogP contribution in [0.5, 0.6) is 5.75 Å².